The predicted molar refractivity (Wildman–Crippen MR) is 130 cm³/mol. The SMILES string of the molecule is CC(C)(NC(=O)Nc1ccc2c(n1)CN(C1CCC(=O)NC1=O)C2=O)c1nc2c(F)cc(Cl)cc2s1. The fourth-order valence-corrected chi connectivity index (χ4v) is 5.56. The number of fused-ring (bicyclic) bond motifs is 2. The zero-order valence-corrected chi connectivity index (χ0v) is 20.7. The molecule has 2 aromatic heterocycles. The summed E-state index contributed by atoms with van der Waals surface area (Å²) in [5.74, 6) is -1.55. The first-order chi connectivity index (χ1) is 17.0. The van der Waals surface area contributed by atoms with Crippen molar-refractivity contribution in [1.29, 1.82) is 0 Å². The number of anilines is 1. The van der Waals surface area contributed by atoms with Crippen LogP contribution in [0.1, 0.15) is 47.7 Å². The number of hydrogen-bond donors (Lipinski definition) is 3. The third kappa shape index (κ3) is 4.37. The van der Waals surface area contributed by atoms with Crippen molar-refractivity contribution in [2.24, 2.45) is 0 Å². The maximum atomic E-state index is 14.2. The average molecular weight is 531 g/mol. The Labute approximate surface area is 213 Å². The summed E-state index contributed by atoms with van der Waals surface area (Å²) < 4.78 is 14.8. The van der Waals surface area contributed by atoms with Crippen molar-refractivity contribution in [1.82, 2.24) is 25.5 Å². The highest BCUT2D eigenvalue weighted by molar-refractivity contribution is 7.18. The summed E-state index contributed by atoms with van der Waals surface area (Å²) in [5, 5.41) is 8.44. The highest BCUT2D eigenvalue weighted by Gasteiger charge is 2.40. The van der Waals surface area contributed by atoms with E-state index in [9.17, 15) is 23.6 Å². The molecule has 0 radical (unpaired) electrons. The smallest absolute Gasteiger partial charge is 0.321 e. The molecule has 1 fully saturated rings. The Bertz CT molecular complexity index is 1460. The molecule has 5 amide bonds. The van der Waals surface area contributed by atoms with Crippen molar-refractivity contribution in [3.63, 3.8) is 0 Å². The summed E-state index contributed by atoms with van der Waals surface area (Å²) in [4.78, 5) is 59.3. The standard InChI is InChI=1S/C23H20ClFN6O4S/c1-23(2,21-29-18-12(25)7-10(24)8-15(18)36-21)30-22(35)27-16-5-3-11-13(26-16)9-31(20(11)34)14-4-6-17(32)28-19(14)33/h3,5,7-8,14H,4,6,9H2,1-2H3,(H,28,32,33)(H2,26,27,30,35). The number of halogens is 2. The van der Waals surface area contributed by atoms with Crippen molar-refractivity contribution in [3.05, 3.63) is 51.4 Å². The van der Waals surface area contributed by atoms with Gasteiger partial charge in [-0.2, -0.15) is 0 Å². The lowest BCUT2D eigenvalue weighted by Crippen LogP contribution is -2.52. The predicted octanol–water partition coefficient (Wildman–Crippen LogP) is 3.30. The van der Waals surface area contributed by atoms with Crippen molar-refractivity contribution < 1.29 is 23.6 Å². The number of imide groups is 1. The van der Waals surface area contributed by atoms with E-state index in [1.165, 1.54) is 34.4 Å². The average Bonchev–Trinajstić information content (AvgIpc) is 3.35. The molecule has 3 N–H and O–H groups in total. The molecule has 0 aliphatic carbocycles. The third-order valence-electron chi connectivity index (χ3n) is 5.99. The summed E-state index contributed by atoms with van der Waals surface area (Å²) in [7, 11) is 0. The van der Waals surface area contributed by atoms with Crippen molar-refractivity contribution >= 4 is 62.7 Å². The van der Waals surface area contributed by atoms with E-state index in [0.29, 0.717) is 21.0 Å². The largest absolute Gasteiger partial charge is 0.326 e. The van der Waals surface area contributed by atoms with Crippen LogP contribution in [0.5, 0.6) is 0 Å². The van der Waals surface area contributed by atoms with Gasteiger partial charge >= 0.3 is 6.03 Å². The topological polar surface area (TPSA) is 133 Å². The van der Waals surface area contributed by atoms with Crippen LogP contribution < -0.4 is 16.0 Å². The summed E-state index contributed by atoms with van der Waals surface area (Å²) in [6.45, 7) is 3.55. The molecule has 0 bridgehead atoms. The van der Waals surface area contributed by atoms with E-state index < -0.39 is 29.3 Å². The molecule has 2 aliphatic heterocycles. The fraction of sp³-hybridized carbons (Fsp3) is 0.304. The zero-order chi connectivity index (χ0) is 25.8. The summed E-state index contributed by atoms with van der Waals surface area (Å²) in [6, 6.07) is 4.51. The van der Waals surface area contributed by atoms with Gasteiger partial charge < -0.3 is 10.2 Å². The number of nitrogens with one attached hydrogen (secondary N) is 3. The van der Waals surface area contributed by atoms with Gasteiger partial charge in [0.1, 0.15) is 22.4 Å². The van der Waals surface area contributed by atoms with E-state index in [0.717, 1.165) is 0 Å². The monoisotopic (exact) mass is 530 g/mol. The van der Waals surface area contributed by atoms with Gasteiger partial charge in [-0.1, -0.05) is 11.6 Å². The number of amides is 5. The Morgan fingerprint density at radius 2 is 2.03 bits per heavy atom. The molecule has 10 nitrogen and oxygen atoms in total. The van der Waals surface area contributed by atoms with Crippen LogP contribution in [0.4, 0.5) is 15.0 Å². The second-order valence-corrected chi connectivity index (χ2v) is 10.5. The molecular formula is C23H20ClFN6O4S. The highest BCUT2D eigenvalue weighted by atomic mass is 35.5. The number of carbonyl (C=O) groups is 4. The molecular weight excluding hydrogens is 511 g/mol. The Balaban J connectivity index is 1.28. The lowest BCUT2D eigenvalue weighted by atomic mass is 10.0. The van der Waals surface area contributed by atoms with Crippen molar-refractivity contribution in [3.8, 4) is 0 Å². The van der Waals surface area contributed by atoms with Gasteiger partial charge in [0.15, 0.2) is 5.82 Å². The summed E-state index contributed by atoms with van der Waals surface area (Å²) in [6.07, 6.45) is 0.399. The number of nitrogens with zero attached hydrogens (tertiary/aromatic N) is 3. The minimum atomic E-state index is -0.943. The Morgan fingerprint density at radius 3 is 2.78 bits per heavy atom. The van der Waals surface area contributed by atoms with Gasteiger partial charge in [0.05, 0.1) is 28.0 Å². The second kappa shape index (κ2) is 8.79. The fourth-order valence-electron chi connectivity index (χ4n) is 4.21. The minimum Gasteiger partial charge on any atom is -0.326 e. The lowest BCUT2D eigenvalue weighted by molar-refractivity contribution is -0.136. The molecule has 13 heteroatoms. The number of piperidine rings is 1. The molecule has 1 saturated heterocycles. The third-order valence-corrected chi connectivity index (χ3v) is 7.53. The lowest BCUT2D eigenvalue weighted by Gasteiger charge is -2.29. The van der Waals surface area contributed by atoms with Crippen LogP contribution in [-0.2, 0) is 21.7 Å². The van der Waals surface area contributed by atoms with E-state index in [1.54, 1.807) is 19.9 Å². The quantitative estimate of drug-likeness (QED) is 0.443. The van der Waals surface area contributed by atoms with E-state index >= 15 is 0 Å². The number of benzene rings is 1. The van der Waals surface area contributed by atoms with Gasteiger partial charge in [0.2, 0.25) is 11.8 Å². The molecule has 36 heavy (non-hydrogen) atoms. The summed E-state index contributed by atoms with van der Waals surface area (Å²) in [5.41, 5.74) is -0.0104. The number of thiazole rings is 1. The number of aromatic nitrogens is 2. The molecule has 186 valence electrons. The Morgan fingerprint density at radius 1 is 1.25 bits per heavy atom. The normalized spacial score (nSPS) is 17.8. The molecule has 5 rings (SSSR count). The minimum absolute atomic E-state index is 0.0862. The zero-order valence-electron chi connectivity index (χ0n) is 19.1. The number of carbonyl (C=O) groups excluding carboxylic acids is 4. The van der Waals surface area contributed by atoms with Gasteiger partial charge in [0.25, 0.3) is 5.91 Å². The molecule has 1 aromatic carbocycles. The maximum absolute atomic E-state index is 14.2. The number of hydrogen-bond acceptors (Lipinski definition) is 7. The van der Waals surface area contributed by atoms with E-state index in [-0.39, 0.29) is 47.6 Å². The molecule has 0 saturated carbocycles. The van der Waals surface area contributed by atoms with Crippen molar-refractivity contribution in [2.45, 2.75) is 44.8 Å². The molecule has 3 aromatic rings. The van der Waals surface area contributed by atoms with Crippen LogP contribution >= 0.6 is 22.9 Å². The van der Waals surface area contributed by atoms with Gasteiger partial charge in [-0.15, -0.1) is 11.3 Å². The van der Waals surface area contributed by atoms with Crippen LogP contribution in [0.3, 0.4) is 0 Å². The molecule has 1 atom stereocenters. The first kappa shape index (κ1) is 24.1. The Kier molecular flexibility index (Phi) is 5.87. The molecule has 1 unspecified atom stereocenters. The molecule has 4 heterocycles. The Hall–Kier alpha value is -3.64. The van der Waals surface area contributed by atoms with Crippen LogP contribution in [0, 0.1) is 5.82 Å². The second-order valence-electron chi connectivity index (χ2n) is 9.05. The van der Waals surface area contributed by atoms with Crippen LogP contribution in [0.2, 0.25) is 5.02 Å². The van der Waals surface area contributed by atoms with Gasteiger partial charge in [-0.3, -0.25) is 25.0 Å². The van der Waals surface area contributed by atoms with E-state index in [2.05, 4.69) is 25.9 Å². The van der Waals surface area contributed by atoms with Crippen LogP contribution in [0.25, 0.3) is 10.2 Å². The van der Waals surface area contributed by atoms with E-state index in [1.807, 2.05) is 0 Å². The molecule has 0 spiro atoms. The van der Waals surface area contributed by atoms with Gasteiger partial charge in [0, 0.05) is 11.4 Å². The maximum Gasteiger partial charge on any atom is 0.321 e. The first-order valence-corrected chi connectivity index (χ1v) is 12.2. The first-order valence-electron chi connectivity index (χ1n) is 11.0. The van der Waals surface area contributed by atoms with Gasteiger partial charge in [-0.05, 0) is 44.5 Å². The number of rotatable bonds is 4. The van der Waals surface area contributed by atoms with Crippen molar-refractivity contribution in [2.75, 3.05) is 5.32 Å². The van der Waals surface area contributed by atoms with Crippen LogP contribution in [-0.4, -0.2) is 44.7 Å². The van der Waals surface area contributed by atoms with Crippen LogP contribution in [0.15, 0.2) is 24.3 Å². The number of pyridine rings is 1. The summed E-state index contributed by atoms with van der Waals surface area (Å²) >= 11 is 7.15. The van der Waals surface area contributed by atoms with E-state index in [4.69, 9.17) is 11.6 Å². The molecule has 2 aliphatic rings. The van der Waals surface area contributed by atoms with Gasteiger partial charge in [-0.25, -0.2) is 19.2 Å². The number of urea groups is 1. The highest BCUT2D eigenvalue weighted by Crippen LogP contribution is 2.33.